The number of nitrogens with zero attached hydrogens (tertiary/aromatic N) is 2. The molecule has 0 saturated heterocycles. The predicted molar refractivity (Wildman–Crippen MR) is 69.2 cm³/mol. The Labute approximate surface area is 109 Å². The monoisotopic (exact) mass is 264 g/mol. The van der Waals surface area contributed by atoms with E-state index in [0.717, 1.165) is 19.5 Å². The molecule has 2 aromatic heterocycles. The molecule has 0 aliphatic carbocycles. The number of hydrogen-bond donors (Lipinski definition) is 1. The van der Waals surface area contributed by atoms with E-state index < -0.39 is 5.82 Å². The molecule has 0 bridgehead atoms. The number of thiophene rings is 1. The highest BCUT2D eigenvalue weighted by atomic mass is 32.1. The van der Waals surface area contributed by atoms with Crippen molar-refractivity contribution < 1.29 is 9.50 Å². The SMILES string of the molecule is OCc1cc(F)cnc1N1CCc2sccc2C1. The highest BCUT2D eigenvalue weighted by Crippen LogP contribution is 2.28. The van der Waals surface area contributed by atoms with Crippen LogP contribution in [-0.4, -0.2) is 16.6 Å². The van der Waals surface area contributed by atoms with Crippen LogP contribution in [0.4, 0.5) is 10.2 Å². The Balaban J connectivity index is 1.93. The van der Waals surface area contributed by atoms with Gasteiger partial charge in [0, 0.05) is 23.5 Å². The average molecular weight is 264 g/mol. The molecule has 2 aromatic rings. The Morgan fingerprint density at radius 3 is 3.22 bits per heavy atom. The predicted octanol–water partition coefficient (Wildman–Crippen LogP) is 2.34. The molecule has 0 aromatic carbocycles. The van der Waals surface area contributed by atoms with E-state index in [-0.39, 0.29) is 6.61 Å². The second-order valence-electron chi connectivity index (χ2n) is 4.33. The summed E-state index contributed by atoms with van der Waals surface area (Å²) >= 11 is 1.78. The molecule has 0 radical (unpaired) electrons. The van der Waals surface area contributed by atoms with Gasteiger partial charge in [-0.3, -0.25) is 0 Å². The van der Waals surface area contributed by atoms with E-state index in [9.17, 15) is 9.50 Å². The Morgan fingerprint density at radius 1 is 1.50 bits per heavy atom. The van der Waals surface area contributed by atoms with E-state index in [1.807, 2.05) is 0 Å². The fraction of sp³-hybridized carbons (Fsp3) is 0.308. The molecule has 0 spiro atoms. The third-order valence-corrected chi connectivity index (χ3v) is 4.21. The smallest absolute Gasteiger partial charge is 0.142 e. The van der Waals surface area contributed by atoms with Crippen LogP contribution in [0.3, 0.4) is 0 Å². The van der Waals surface area contributed by atoms with Crippen molar-refractivity contribution in [1.29, 1.82) is 0 Å². The number of fused-ring (bicyclic) bond motifs is 1. The minimum atomic E-state index is -0.406. The summed E-state index contributed by atoms with van der Waals surface area (Å²) in [5.74, 6) is 0.284. The summed E-state index contributed by atoms with van der Waals surface area (Å²) in [4.78, 5) is 7.64. The second-order valence-corrected chi connectivity index (χ2v) is 5.34. The van der Waals surface area contributed by atoms with Gasteiger partial charge in [0.1, 0.15) is 11.6 Å². The molecule has 3 nitrogen and oxygen atoms in total. The molecule has 0 atom stereocenters. The first-order valence-corrected chi connectivity index (χ1v) is 6.71. The third-order valence-electron chi connectivity index (χ3n) is 3.19. The van der Waals surface area contributed by atoms with Crippen molar-refractivity contribution in [2.45, 2.75) is 19.6 Å². The first kappa shape index (κ1) is 11.6. The van der Waals surface area contributed by atoms with Crippen LogP contribution in [0.2, 0.25) is 0 Å². The maximum Gasteiger partial charge on any atom is 0.142 e. The van der Waals surface area contributed by atoms with Gasteiger partial charge in [-0.25, -0.2) is 9.37 Å². The number of halogens is 1. The lowest BCUT2D eigenvalue weighted by Gasteiger charge is -2.29. The van der Waals surface area contributed by atoms with Gasteiger partial charge >= 0.3 is 0 Å². The number of aliphatic hydroxyl groups excluding tert-OH is 1. The van der Waals surface area contributed by atoms with Crippen LogP contribution in [-0.2, 0) is 19.6 Å². The zero-order valence-electron chi connectivity index (χ0n) is 9.77. The second kappa shape index (κ2) is 4.66. The number of hydrogen-bond acceptors (Lipinski definition) is 4. The summed E-state index contributed by atoms with van der Waals surface area (Å²) in [5.41, 5.74) is 1.86. The molecular weight excluding hydrogens is 251 g/mol. The van der Waals surface area contributed by atoms with Crippen molar-refractivity contribution in [2.24, 2.45) is 0 Å². The molecule has 3 heterocycles. The van der Waals surface area contributed by atoms with Gasteiger partial charge in [0.25, 0.3) is 0 Å². The molecule has 1 aliphatic rings. The molecule has 18 heavy (non-hydrogen) atoms. The minimum absolute atomic E-state index is 0.187. The standard InChI is InChI=1S/C13H13FN2OS/c14-11-5-10(8-17)13(15-6-11)16-3-1-12-9(7-16)2-4-18-12/h2,4-6,17H,1,3,7-8H2. The van der Waals surface area contributed by atoms with Crippen LogP contribution in [0.5, 0.6) is 0 Å². The van der Waals surface area contributed by atoms with Crippen molar-refractivity contribution in [3.05, 3.63) is 45.5 Å². The van der Waals surface area contributed by atoms with Gasteiger partial charge < -0.3 is 10.0 Å². The summed E-state index contributed by atoms with van der Waals surface area (Å²) in [6.07, 6.45) is 2.19. The molecule has 94 valence electrons. The average Bonchev–Trinajstić information content (AvgIpc) is 2.85. The first-order valence-electron chi connectivity index (χ1n) is 5.83. The van der Waals surface area contributed by atoms with Crippen LogP contribution in [0.25, 0.3) is 0 Å². The zero-order valence-corrected chi connectivity index (χ0v) is 10.6. The van der Waals surface area contributed by atoms with Gasteiger partial charge in [-0.2, -0.15) is 0 Å². The number of aliphatic hydroxyl groups is 1. The van der Waals surface area contributed by atoms with E-state index in [2.05, 4.69) is 21.3 Å². The largest absolute Gasteiger partial charge is 0.392 e. The van der Waals surface area contributed by atoms with Gasteiger partial charge in [-0.1, -0.05) is 0 Å². The quantitative estimate of drug-likeness (QED) is 0.904. The van der Waals surface area contributed by atoms with E-state index in [1.54, 1.807) is 11.3 Å². The van der Waals surface area contributed by atoms with Gasteiger partial charge in [-0.05, 0) is 29.5 Å². The van der Waals surface area contributed by atoms with Crippen LogP contribution >= 0.6 is 11.3 Å². The van der Waals surface area contributed by atoms with Crippen molar-refractivity contribution >= 4 is 17.2 Å². The Hall–Kier alpha value is -1.46. The maximum atomic E-state index is 13.1. The topological polar surface area (TPSA) is 36.4 Å². The summed E-state index contributed by atoms with van der Waals surface area (Å²) in [7, 11) is 0. The van der Waals surface area contributed by atoms with Crippen molar-refractivity contribution in [3.8, 4) is 0 Å². The number of rotatable bonds is 2. The van der Waals surface area contributed by atoms with Crippen LogP contribution in [0, 0.1) is 5.82 Å². The van der Waals surface area contributed by atoms with Gasteiger partial charge in [0.05, 0.1) is 12.8 Å². The molecule has 1 N–H and O–H groups in total. The molecular formula is C13H13FN2OS. The molecule has 0 unspecified atom stereocenters. The molecule has 5 heteroatoms. The van der Waals surface area contributed by atoms with E-state index >= 15 is 0 Å². The normalized spacial score (nSPS) is 14.7. The van der Waals surface area contributed by atoms with Crippen LogP contribution in [0.1, 0.15) is 16.0 Å². The van der Waals surface area contributed by atoms with E-state index in [1.165, 1.54) is 22.7 Å². The summed E-state index contributed by atoms with van der Waals surface area (Å²) in [6, 6.07) is 3.47. The van der Waals surface area contributed by atoms with Gasteiger partial charge in [0.15, 0.2) is 0 Å². The first-order chi connectivity index (χ1) is 8.78. The lowest BCUT2D eigenvalue weighted by atomic mass is 10.1. The Bertz CT molecular complexity index is 570. The molecule has 3 rings (SSSR count). The van der Waals surface area contributed by atoms with Crippen LogP contribution in [0.15, 0.2) is 23.7 Å². The Morgan fingerprint density at radius 2 is 2.39 bits per heavy atom. The van der Waals surface area contributed by atoms with Gasteiger partial charge in [-0.15, -0.1) is 11.3 Å². The minimum Gasteiger partial charge on any atom is -0.392 e. The highest BCUT2D eigenvalue weighted by molar-refractivity contribution is 7.10. The lowest BCUT2D eigenvalue weighted by Crippen LogP contribution is -2.31. The number of pyridine rings is 1. The number of aromatic nitrogens is 1. The zero-order chi connectivity index (χ0) is 12.5. The fourth-order valence-corrected chi connectivity index (χ4v) is 3.19. The van der Waals surface area contributed by atoms with E-state index in [4.69, 9.17) is 0 Å². The van der Waals surface area contributed by atoms with Crippen molar-refractivity contribution in [3.63, 3.8) is 0 Å². The molecule has 0 saturated carbocycles. The number of anilines is 1. The third kappa shape index (κ3) is 2.00. The summed E-state index contributed by atoms with van der Waals surface area (Å²) < 4.78 is 13.1. The van der Waals surface area contributed by atoms with Crippen LogP contribution < -0.4 is 4.90 Å². The Kier molecular flexibility index (Phi) is 3.01. The molecule has 0 fully saturated rings. The molecule has 0 amide bonds. The van der Waals surface area contributed by atoms with Crippen molar-refractivity contribution in [1.82, 2.24) is 4.98 Å². The van der Waals surface area contributed by atoms with E-state index in [0.29, 0.717) is 11.4 Å². The summed E-state index contributed by atoms with van der Waals surface area (Å²) in [6.45, 7) is 1.46. The van der Waals surface area contributed by atoms with Crippen molar-refractivity contribution in [2.75, 3.05) is 11.4 Å². The molecule has 1 aliphatic heterocycles. The highest BCUT2D eigenvalue weighted by Gasteiger charge is 2.20. The van der Waals surface area contributed by atoms with Gasteiger partial charge in [0.2, 0.25) is 0 Å². The summed E-state index contributed by atoms with van der Waals surface area (Å²) in [5, 5.41) is 11.4. The lowest BCUT2D eigenvalue weighted by molar-refractivity contribution is 0.281. The maximum absolute atomic E-state index is 13.1. The fourth-order valence-electron chi connectivity index (χ4n) is 2.30.